The summed E-state index contributed by atoms with van der Waals surface area (Å²) < 4.78 is 13.8. The summed E-state index contributed by atoms with van der Waals surface area (Å²) in [4.78, 5) is 30.3. The van der Waals surface area contributed by atoms with Crippen LogP contribution in [0.2, 0.25) is 0 Å². The Morgan fingerprint density at radius 3 is 2.85 bits per heavy atom. The van der Waals surface area contributed by atoms with Crippen molar-refractivity contribution in [2.24, 2.45) is 0 Å². The number of nitrogens with zero attached hydrogens (tertiary/aromatic N) is 2. The van der Waals surface area contributed by atoms with Gasteiger partial charge < -0.3 is 15.5 Å². The van der Waals surface area contributed by atoms with Gasteiger partial charge in [-0.05, 0) is 17.7 Å². The van der Waals surface area contributed by atoms with Crippen LogP contribution >= 0.6 is 12.4 Å². The van der Waals surface area contributed by atoms with Gasteiger partial charge in [0.25, 0.3) is 0 Å². The molecule has 0 bridgehead atoms. The summed E-state index contributed by atoms with van der Waals surface area (Å²) in [7, 11) is 0. The summed E-state index contributed by atoms with van der Waals surface area (Å²) in [6, 6.07) is 9.49. The van der Waals surface area contributed by atoms with E-state index in [1.165, 1.54) is 6.07 Å². The number of amides is 2. The molecule has 2 aromatic rings. The molecule has 2 N–H and O–H groups in total. The SMILES string of the molecule is Cl.O=C(CC1NCCN(Cc2ccccc2F)C1=O)NCc1cccnc1. The zero-order valence-electron chi connectivity index (χ0n) is 14.7. The van der Waals surface area contributed by atoms with Crippen LogP contribution in [0.5, 0.6) is 0 Å². The normalized spacial score (nSPS) is 16.6. The maximum atomic E-state index is 13.8. The Bertz CT molecular complexity index is 775. The summed E-state index contributed by atoms with van der Waals surface area (Å²) in [5.74, 6) is -0.729. The number of carbonyl (C=O) groups excluding carboxylic acids is 2. The predicted molar refractivity (Wildman–Crippen MR) is 102 cm³/mol. The van der Waals surface area contributed by atoms with Crippen molar-refractivity contribution in [2.45, 2.75) is 25.6 Å². The maximum Gasteiger partial charge on any atom is 0.240 e. The average Bonchev–Trinajstić information content (AvgIpc) is 2.66. The quantitative estimate of drug-likeness (QED) is 0.784. The van der Waals surface area contributed by atoms with Crippen molar-refractivity contribution < 1.29 is 14.0 Å². The molecule has 1 unspecified atom stereocenters. The lowest BCUT2D eigenvalue weighted by Gasteiger charge is -2.33. The summed E-state index contributed by atoms with van der Waals surface area (Å²) in [6.45, 7) is 1.63. The number of nitrogens with one attached hydrogen (secondary N) is 2. The number of aromatic nitrogens is 1. The first kappa shape index (κ1) is 20.8. The van der Waals surface area contributed by atoms with E-state index < -0.39 is 6.04 Å². The molecule has 1 atom stereocenters. The Morgan fingerprint density at radius 1 is 1.30 bits per heavy atom. The summed E-state index contributed by atoms with van der Waals surface area (Å²) >= 11 is 0. The van der Waals surface area contributed by atoms with Crippen molar-refractivity contribution in [3.63, 3.8) is 0 Å². The lowest BCUT2D eigenvalue weighted by atomic mass is 10.1. The number of pyridine rings is 1. The summed E-state index contributed by atoms with van der Waals surface area (Å²) in [5, 5.41) is 5.86. The maximum absolute atomic E-state index is 13.8. The highest BCUT2D eigenvalue weighted by molar-refractivity contribution is 5.88. The second-order valence-corrected chi connectivity index (χ2v) is 6.20. The lowest BCUT2D eigenvalue weighted by Crippen LogP contribution is -2.55. The van der Waals surface area contributed by atoms with Crippen molar-refractivity contribution in [3.8, 4) is 0 Å². The van der Waals surface area contributed by atoms with Gasteiger partial charge in [-0.3, -0.25) is 14.6 Å². The number of halogens is 2. The van der Waals surface area contributed by atoms with Gasteiger partial charge in [0.2, 0.25) is 11.8 Å². The van der Waals surface area contributed by atoms with E-state index >= 15 is 0 Å². The zero-order valence-corrected chi connectivity index (χ0v) is 15.5. The van der Waals surface area contributed by atoms with Gasteiger partial charge in [-0.15, -0.1) is 12.4 Å². The van der Waals surface area contributed by atoms with E-state index in [0.29, 0.717) is 25.2 Å². The van der Waals surface area contributed by atoms with Crippen molar-refractivity contribution in [1.82, 2.24) is 20.5 Å². The summed E-state index contributed by atoms with van der Waals surface area (Å²) in [5.41, 5.74) is 1.37. The average molecular weight is 393 g/mol. The van der Waals surface area contributed by atoms with E-state index in [-0.39, 0.29) is 43.0 Å². The van der Waals surface area contributed by atoms with Crippen molar-refractivity contribution >= 4 is 24.2 Å². The van der Waals surface area contributed by atoms with Crippen LogP contribution in [-0.2, 0) is 22.7 Å². The van der Waals surface area contributed by atoms with E-state index in [9.17, 15) is 14.0 Å². The molecule has 0 radical (unpaired) electrons. The molecule has 1 saturated heterocycles. The molecule has 1 aliphatic heterocycles. The third-order valence-electron chi connectivity index (χ3n) is 4.30. The first-order chi connectivity index (χ1) is 12.6. The van der Waals surface area contributed by atoms with Crippen LogP contribution in [0.15, 0.2) is 48.8 Å². The van der Waals surface area contributed by atoms with Crippen LogP contribution in [0.4, 0.5) is 4.39 Å². The molecule has 144 valence electrons. The number of benzene rings is 1. The monoisotopic (exact) mass is 392 g/mol. The number of carbonyl (C=O) groups is 2. The molecule has 6 nitrogen and oxygen atoms in total. The number of hydrogen-bond acceptors (Lipinski definition) is 4. The number of rotatable bonds is 6. The minimum absolute atomic E-state index is 0. The van der Waals surface area contributed by atoms with Gasteiger partial charge in [0.15, 0.2) is 0 Å². The van der Waals surface area contributed by atoms with Gasteiger partial charge in [0, 0.05) is 44.1 Å². The fraction of sp³-hybridized carbons (Fsp3) is 0.316. The largest absolute Gasteiger partial charge is 0.352 e. The highest BCUT2D eigenvalue weighted by Gasteiger charge is 2.30. The molecule has 1 aromatic carbocycles. The standard InChI is InChI=1S/C19H21FN4O2.ClH/c20-16-6-2-1-5-15(16)13-24-9-8-22-17(19(24)26)10-18(25)23-12-14-4-3-7-21-11-14;/h1-7,11,17,22H,8-10,12-13H2,(H,23,25);1H. The minimum atomic E-state index is -0.593. The first-order valence-electron chi connectivity index (χ1n) is 8.54. The smallest absolute Gasteiger partial charge is 0.240 e. The number of piperazine rings is 1. The Hall–Kier alpha value is -2.51. The highest BCUT2D eigenvalue weighted by Crippen LogP contribution is 2.13. The van der Waals surface area contributed by atoms with E-state index in [1.807, 2.05) is 6.07 Å². The molecule has 0 saturated carbocycles. The van der Waals surface area contributed by atoms with Gasteiger partial charge in [-0.2, -0.15) is 0 Å². The third kappa shape index (κ3) is 5.74. The van der Waals surface area contributed by atoms with Gasteiger partial charge in [-0.1, -0.05) is 24.3 Å². The molecule has 0 spiro atoms. The van der Waals surface area contributed by atoms with Crippen LogP contribution in [0.1, 0.15) is 17.5 Å². The zero-order chi connectivity index (χ0) is 18.4. The topological polar surface area (TPSA) is 74.3 Å². The molecule has 1 aliphatic rings. The van der Waals surface area contributed by atoms with E-state index in [4.69, 9.17) is 0 Å². The number of hydrogen-bond donors (Lipinski definition) is 2. The second kappa shape index (κ2) is 9.99. The van der Waals surface area contributed by atoms with Gasteiger partial charge in [-0.25, -0.2) is 4.39 Å². The van der Waals surface area contributed by atoms with E-state index in [0.717, 1.165) is 5.56 Å². The van der Waals surface area contributed by atoms with Crippen LogP contribution in [0, 0.1) is 5.82 Å². The van der Waals surface area contributed by atoms with Gasteiger partial charge in [0.05, 0.1) is 12.5 Å². The van der Waals surface area contributed by atoms with Crippen LogP contribution < -0.4 is 10.6 Å². The van der Waals surface area contributed by atoms with Crippen LogP contribution in [0.25, 0.3) is 0 Å². The molecule has 1 aromatic heterocycles. The van der Waals surface area contributed by atoms with E-state index in [2.05, 4.69) is 15.6 Å². The highest BCUT2D eigenvalue weighted by atomic mass is 35.5. The van der Waals surface area contributed by atoms with Gasteiger partial charge in [0.1, 0.15) is 5.82 Å². The molecule has 27 heavy (non-hydrogen) atoms. The van der Waals surface area contributed by atoms with Gasteiger partial charge >= 0.3 is 0 Å². The van der Waals surface area contributed by atoms with Crippen LogP contribution in [-0.4, -0.2) is 40.8 Å². The molecular formula is C19H22ClFN4O2. The Balaban J connectivity index is 0.00000261. The fourth-order valence-corrected chi connectivity index (χ4v) is 2.90. The lowest BCUT2D eigenvalue weighted by molar-refractivity contribution is -0.138. The Labute approximate surface area is 163 Å². The minimum Gasteiger partial charge on any atom is -0.352 e. The molecule has 2 amide bonds. The van der Waals surface area contributed by atoms with Crippen molar-refractivity contribution in [1.29, 1.82) is 0 Å². The molecule has 0 aliphatic carbocycles. The fourth-order valence-electron chi connectivity index (χ4n) is 2.90. The molecule has 8 heteroatoms. The molecule has 1 fully saturated rings. The predicted octanol–water partition coefficient (Wildman–Crippen LogP) is 1.65. The molecule has 2 heterocycles. The molecule has 3 rings (SSSR count). The Morgan fingerprint density at radius 2 is 2.11 bits per heavy atom. The van der Waals surface area contributed by atoms with Crippen LogP contribution in [0.3, 0.4) is 0 Å². The van der Waals surface area contributed by atoms with E-state index in [1.54, 1.807) is 41.6 Å². The third-order valence-corrected chi connectivity index (χ3v) is 4.30. The Kier molecular flexibility index (Phi) is 7.69. The molecular weight excluding hydrogens is 371 g/mol. The van der Waals surface area contributed by atoms with Crippen molar-refractivity contribution in [3.05, 3.63) is 65.7 Å². The second-order valence-electron chi connectivity index (χ2n) is 6.20. The van der Waals surface area contributed by atoms with Crippen molar-refractivity contribution in [2.75, 3.05) is 13.1 Å². The first-order valence-corrected chi connectivity index (χ1v) is 8.54. The summed E-state index contributed by atoms with van der Waals surface area (Å²) in [6.07, 6.45) is 3.40.